The Hall–Kier alpha value is -0.880. The number of hydrogen-bond acceptors (Lipinski definition) is 22. The van der Waals surface area contributed by atoms with E-state index in [0.29, 0.717) is 24.7 Å². The molecule has 0 bridgehead atoms. The van der Waals surface area contributed by atoms with Crippen LogP contribution in [0.4, 0.5) is 0 Å². The number of aliphatic hydroxyl groups excluding tert-OH is 14. The first-order valence-corrected chi connectivity index (χ1v) is 24.6. The first-order chi connectivity index (χ1) is 32.1. The fourth-order valence-corrected chi connectivity index (χ4v) is 10.8. The van der Waals surface area contributed by atoms with Gasteiger partial charge >= 0.3 is 0 Å². The van der Waals surface area contributed by atoms with Crippen molar-refractivity contribution < 1.29 is 109 Å². The van der Waals surface area contributed by atoms with Crippen LogP contribution in [-0.2, 0) is 37.9 Å². The van der Waals surface area contributed by atoms with Gasteiger partial charge in [0.05, 0.1) is 39.6 Å². The van der Waals surface area contributed by atoms with Gasteiger partial charge in [0.15, 0.2) is 25.2 Å². The smallest absolute Gasteiger partial charge is 0.187 e. The molecule has 6 aliphatic rings. The first kappa shape index (κ1) is 55.4. The molecule has 0 aromatic carbocycles. The van der Waals surface area contributed by atoms with Crippen molar-refractivity contribution in [3.8, 4) is 0 Å². The van der Waals surface area contributed by atoms with Gasteiger partial charge in [-0.3, -0.25) is 0 Å². The highest BCUT2D eigenvalue weighted by Gasteiger charge is 2.53. The van der Waals surface area contributed by atoms with Crippen molar-refractivity contribution >= 4 is 0 Å². The maximum absolute atomic E-state index is 11.5. The Morgan fingerprint density at radius 3 is 1.04 bits per heavy atom. The van der Waals surface area contributed by atoms with Gasteiger partial charge in [-0.2, -0.15) is 0 Å². The normalized spacial score (nSPS) is 43.1. The summed E-state index contributed by atoms with van der Waals surface area (Å²) in [6.45, 7) is -3.23. The van der Waals surface area contributed by atoms with Gasteiger partial charge in [0.2, 0.25) is 0 Å². The van der Waals surface area contributed by atoms with E-state index in [4.69, 9.17) is 37.9 Å². The summed E-state index contributed by atoms with van der Waals surface area (Å²) in [6.07, 6.45) is -16.7. The molecule has 2 saturated carbocycles. The Bertz CT molecular complexity index is 1300. The van der Waals surface area contributed by atoms with Crippen LogP contribution in [0.2, 0.25) is 0 Å². The third-order valence-corrected chi connectivity index (χ3v) is 15.1. The minimum atomic E-state index is -1.83. The van der Waals surface area contributed by atoms with Crippen molar-refractivity contribution in [2.45, 2.75) is 226 Å². The average Bonchev–Trinajstić information content (AvgIpc) is 3.34. The Morgan fingerprint density at radius 2 is 0.701 bits per heavy atom. The second kappa shape index (κ2) is 26.2. The summed E-state index contributed by atoms with van der Waals surface area (Å²) in [5, 5.41) is 148. The number of aliphatic hydroxyl groups is 14. The predicted octanol–water partition coefficient (Wildman–Crippen LogP) is -3.24. The van der Waals surface area contributed by atoms with E-state index >= 15 is 0 Å². The van der Waals surface area contributed by atoms with Crippen molar-refractivity contribution in [2.24, 2.45) is 17.3 Å². The van der Waals surface area contributed by atoms with E-state index in [9.17, 15) is 71.5 Å². The molecule has 6 rings (SSSR count). The molecule has 4 heterocycles. The number of rotatable bonds is 22. The standard InChI is InChI=1S/C45H80O22/c46-17-25-29(50)31(52)35(56)43(62-25)66-39-27(19-48)64-41(37(58)33(39)54)60-21-45(15-7-13-23-9-3-1-4-10-23,16-8-14-24-11-5-2-6-12-24)22-61-42-38(59)34(55)40(28(20-49)65-42)67-44-36(57)32(53)30(51)26(18-47)63-44/h23-44,46-59H,1-22H2/t25?,26?,27?,28?,29-,30-,31+,32+,33-,34-,35?,36?,37?,38?,39-,40-,41-,42-,43-,44+/m1/s1. The van der Waals surface area contributed by atoms with Crippen LogP contribution in [-0.4, -0.2) is 234 Å². The van der Waals surface area contributed by atoms with Crippen LogP contribution in [0.1, 0.15) is 103 Å². The second-order valence-electron chi connectivity index (χ2n) is 19.9. The van der Waals surface area contributed by atoms with Crippen molar-refractivity contribution in [1.29, 1.82) is 0 Å². The summed E-state index contributed by atoms with van der Waals surface area (Å²) < 4.78 is 47.2. The molecule has 0 amide bonds. The van der Waals surface area contributed by atoms with E-state index < -0.39 is 155 Å². The SMILES string of the molecule is OCC1O[C@H](O[C@@H]2C(CO)O[C@@H](OCC(CCCC3CCCCC3)(CCCC3CCCCC3)CO[C@@H]3OC(CO)[C@@H](O[C@@H]4OC(CO)[C@@H](O)[C@H](O)C4O)[C@H](O)C3O)C(O)[C@H]2O)C(O)[C@@H](O)[C@@H]1O. The molecule has 67 heavy (non-hydrogen) atoms. The monoisotopic (exact) mass is 973 g/mol. The summed E-state index contributed by atoms with van der Waals surface area (Å²) >= 11 is 0. The highest BCUT2D eigenvalue weighted by Crippen LogP contribution is 2.40. The highest BCUT2D eigenvalue weighted by molar-refractivity contribution is 4.97. The van der Waals surface area contributed by atoms with E-state index in [1.807, 2.05) is 0 Å². The van der Waals surface area contributed by atoms with E-state index in [2.05, 4.69) is 0 Å². The molecule has 4 saturated heterocycles. The molecule has 0 aromatic rings. The average molecular weight is 973 g/mol. The Morgan fingerprint density at radius 1 is 0.373 bits per heavy atom. The molecule has 392 valence electrons. The van der Waals surface area contributed by atoms with Crippen molar-refractivity contribution in [3.05, 3.63) is 0 Å². The Kier molecular flexibility index (Phi) is 21.7. The van der Waals surface area contributed by atoms with Crippen molar-refractivity contribution in [1.82, 2.24) is 0 Å². The van der Waals surface area contributed by atoms with Gasteiger partial charge in [-0.05, 0) is 24.7 Å². The third kappa shape index (κ3) is 13.8. The minimum absolute atomic E-state index is 0.120. The molecule has 22 heteroatoms. The first-order valence-electron chi connectivity index (χ1n) is 24.6. The van der Waals surface area contributed by atoms with Gasteiger partial charge in [0, 0.05) is 5.41 Å². The second-order valence-corrected chi connectivity index (χ2v) is 19.9. The molecule has 6 fully saturated rings. The van der Waals surface area contributed by atoms with E-state index in [1.54, 1.807) is 0 Å². The van der Waals surface area contributed by atoms with E-state index in [0.717, 1.165) is 77.0 Å². The molecule has 20 atom stereocenters. The van der Waals surface area contributed by atoms with Crippen LogP contribution in [0, 0.1) is 17.3 Å². The van der Waals surface area contributed by atoms with Crippen LogP contribution < -0.4 is 0 Å². The van der Waals surface area contributed by atoms with Gasteiger partial charge in [-0.1, -0.05) is 89.9 Å². The van der Waals surface area contributed by atoms with Gasteiger partial charge in [0.1, 0.15) is 97.7 Å². The van der Waals surface area contributed by atoms with Crippen molar-refractivity contribution in [2.75, 3.05) is 39.6 Å². The van der Waals surface area contributed by atoms with Crippen LogP contribution >= 0.6 is 0 Å². The molecule has 0 aromatic heterocycles. The minimum Gasteiger partial charge on any atom is -0.394 e. The molecule has 2 aliphatic carbocycles. The summed E-state index contributed by atoms with van der Waals surface area (Å²) in [7, 11) is 0. The van der Waals surface area contributed by atoms with Gasteiger partial charge in [0.25, 0.3) is 0 Å². The maximum Gasteiger partial charge on any atom is 0.187 e. The summed E-state index contributed by atoms with van der Waals surface area (Å²) in [6, 6.07) is 0. The zero-order valence-corrected chi connectivity index (χ0v) is 38.3. The fourth-order valence-electron chi connectivity index (χ4n) is 10.8. The Balaban J connectivity index is 1.19. The lowest BCUT2D eigenvalue weighted by Gasteiger charge is -2.47. The van der Waals surface area contributed by atoms with Crippen LogP contribution in [0.3, 0.4) is 0 Å². The summed E-state index contributed by atoms with van der Waals surface area (Å²) in [4.78, 5) is 0. The zero-order valence-electron chi connectivity index (χ0n) is 38.3. The van der Waals surface area contributed by atoms with Crippen molar-refractivity contribution in [3.63, 3.8) is 0 Å². The van der Waals surface area contributed by atoms with Crippen LogP contribution in [0.25, 0.3) is 0 Å². The lowest BCUT2D eigenvalue weighted by atomic mass is 9.76. The molecule has 22 nitrogen and oxygen atoms in total. The van der Waals surface area contributed by atoms with Gasteiger partial charge in [-0.25, -0.2) is 0 Å². The van der Waals surface area contributed by atoms with Crippen LogP contribution in [0.5, 0.6) is 0 Å². The van der Waals surface area contributed by atoms with E-state index in [-0.39, 0.29) is 13.2 Å². The lowest BCUT2D eigenvalue weighted by Crippen LogP contribution is -2.65. The summed E-state index contributed by atoms with van der Waals surface area (Å²) in [5.41, 5.74) is -0.859. The van der Waals surface area contributed by atoms with E-state index in [1.165, 1.54) is 12.8 Å². The molecule has 4 aliphatic heterocycles. The molecular weight excluding hydrogens is 892 g/mol. The molecule has 14 N–H and O–H groups in total. The number of hydrogen-bond donors (Lipinski definition) is 14. The third-order valence-electron chi connectivity index (χ3n) is 15.1. The zero-order chi connectivity index (χ0) is 48.4. The molecule has 0 radical (unpaired) electrons. The van der Waals surface area contributed by atoms with Gasteiger partial charge < -0.3 is 109 Å². The predicted molar refractivity (Wildman–Crippen MR) is 228 cm³/mol. The fraction of sp³-hybridized carbons (Fsp3) is 1.00. The quantitative estimate of drug-likeness (QED) is 0.0507. The largest absolute Gasteiger partial charge is 0.394 e. The van der Waals surface area contributed by atoms with Crippen LogP contribution in [0.15, 0.2) is 0 Å². The lowest BCUT2D eigenvalue weighted by molar-refractivity contribution is -0.365. The number of ether oxygens (including phenoxy) is 8. The highest BCUT2D eigenvalue weighted by atomic mass is 16.8. The molecular formula is C45H80O22. The summed E-state index contributed by atoms with van der Waals surface area (Å²) in [5.74, 6) is 1.06. The maximum atomic E-state index is 11.5. The topological polar surface area (TPSA) is 357 Å². The molecule has 8 unspecified atom stereocenters. The molecule has 0 spiro atoms. The Labute approximate surface area is 391 Å². The van der Waals surface area contributed by atoms with Gasteiger partial charge in [-0.15, -0.1) is 0 Å².